The molecule has 5 nitrogen and oxygen atoms in total. The highest BCUT2D eigenvalue weighted by molar-refractivity contribution is 6.22. The summed E-state index contributed by atoms with van der Waals surface area (Å²) in [6, 6.07) is 6.62. The smallest absolute Gasteiger partial charge is 0.308 e. The van der Waals surface area contributed by atoms with E-state index in [4.69, 9.17) is 4.74 Å². The lowest BCUT2D eigenvalue weighted by atomic mass is 9.74. The van der Waals surface area contributed by atoms with E-state index >= 15 is 0 Å². The van der Waals surface area contributed by atoms with Gasteiger partial charge in [-0.15, -0.1) is 0 Å². The number of esters is 1. The molecule has 1 aromatic carbocycles. The van der Waals surface area contributed by atoms with Crippen LogP contribution in [0, 0.1) is 5.41 Å². The van der Waals surface area contributed by atoms with Gasteiger partial charge in [-0.05, 0) is 29.2 Å². The quantitative estimate of drug-likeness (QED) is 0.302. The first-order valence-electron chi connectivity index (χ1n) is 7.64. The molecule has 0 radical (unpaired) electrons. The number of hydrogen-bond donors (Lipinski definition) is 1. The van der Waals surface area contributed by atoms with Gasteiger partial charge >= 0.3 is 5.97 Å². The van der Waals surface area contributed by atoms with Crippen molar-refractivity contribution in [1.82, 2.24) is 0 Å². The van der Waals surface area contributed by atoms with Crippen LogP contribution in [0.5, 0.6) is 5.75 Å². The summed E-state index contributed by atoms with van der Waals surface area (Å²) in [4.78, 5) is 35.1. The zero-order chi connectivity index (χ0) is 17.9. The summed E-state index contributed by atoms with van der Waals surface area (Å²) in [7, 11) is 0. The molecular formula is C19H20O5. The molecule has 0 saturated heterocycles. The third-order valence-corrected chi connectivity index (χ3v) is 3.67. The highest BCUT2D eigenvalue weighted by Crippen LogP contribution is 2.34. The highest BCUT2D eigenvalue weighted by Gasteiger charge is 2.37. The van der Waals surface area contributed by atoms with Gasteiger partial charge in [0.1, 0.15) is 17.1 Å². The number of Topliss-reactive ketones (excluding diaryl/α,β-unsaturated/α-hetero) is 2. The van der Waals surface area contributed by atoms with Crippen LogP contribution in [0.3, 0.4) is 0 Å². The molecule has 1 fully saturated rings. The minimum absolute atomic E-state index is 0.123. The zero-order valence-electron chi connectivity index (χ0n) is 14.0. The van der Waals surface area contributed by atoms with Crippen LogP contribution in [0.2, 0.25) is 0 Å². The number of carbonyl (C=O) groups is 3. The molecule has 126 valence electrons. The van der Waals surface area contributed by atoms with Crippen molar-refractivity contribution in [2.75, 3.05) is 0 Å². The van der Waals surface area contributed by atoms with Crippen molar-refractivity contribution < 1.29 is 24.2 Å². The standard InChI is InChI=1S/C19H20O5/c1-12(20)24-14-7-4-13(5-8-14)6-9-15(21)18-16(22)10-19(2,3)11-17(18)23/h4-9,21H,10-11H2,1-3H3/b9-6+. The molecule has 0 aromatic heterocycles. The van der Waals surface area contributed by atoms with E-state index in [-0.39, 0.29) is 41.2 Å². The van der Waals surface area contributed by atoms with Crippen LogP contribution >= 0.6 is 0 Å². The monoisotopic (exact) mass is 328 g/mol. The summed E-state index contributed by atoms with van der Waals surface area (Å²) in [5, 5.41) is 10.1. The molecule has 0 unspecified atom stereocenters. The zero-order valence-corrected chi connectivity index (χ0v) is 14.0. The van der Waals surface area contributed by atoms with E-state index in [1.807, 2.05) is 13.8 Å². The van der Waals surface area contributed by atoms with E-state index in [2.05, 4.69) is 0 Å². The molecule has 0 aliphatic heterocycles. The maximum Gasteiger partial charge on any atom is 0.308 e. The second kappa shape index (κ2) is 6.83. The summed E-state index contributed by atoms with van der Waals surface area (Å²) in [5.74, 6) is -0.961. The van der Waals surface area contributed by atoms with E-state index in [0.717, 1.165) is 5.56 Å². The Morgan fingerprint density at radius 3 is 2.17 bits per heavy atom. The number of ketones is 2. The molecule has 0 atom stereocenters. The first kappa shape index (κ1) is 17.7. The Morgan fingerprint density at radius 2 is 1.67 bits per heavy atom. The first-order valence-corrected chi connectivity index (χ1v) is 7.64. The summed E-state index contributed by atoms with van der Waals surface area (Å²) < 4.78 is 4.93. The van der Waals surface area contributed by atoms with Gasteiger partial charge in [0, 0.05) is 19.8 Å². The number of hydrogen-bond acceptors (Lipinski definition) is 5. The molecule has 1 aliphatic carbocycles. The molecule has 1 aliphatic rings. The Labute approximate surface area is 140 Å². The first-order chi connectivity index (χ1) is 11.2. The van der Waals surface area contributed by atoms with Crippen LogP contribution in [0.4, 0.5) is 0 Å². The molecule has 0 heterocycles. The van der Waals surface area contributed by atoms with Gasteiger partial charge in [0.2, 0.25) is 0 Å². The predicted octanol–water partition coefficient (Wildman–Crippen LogP) is 3.40. The third kappa shape index (κ3) is 4.41. The van der Waals surface area contributed by atoms with Crippen molar-refractivity contribution in [1.29, 1.82) is 0 Å². The molecule has 5 heteroatoms. The molecule has 0 spiro atoms. The fourth-order valence-corrected chi connectivity index (χ4v) is 2.62. The third-order valence-electron chi connectivity index (χ3n) is 3.67. The van der Waals surface area contributed by atoms with Crippen molar-refractivity contribution in [2.45, 2.75) is 33.6 Å². The molecule has 1 N–H and O–H groups in total. The molecule has 1 saturated carbocycles. The van der Waals surface area contributed by atoms with E-state index in [1.165, 1.54) is 13.0 Å². The summed E-state index contributed by atoms with van der Waals surface area (Å²) in [6.45, 7) is 5.03. The largest absolute Gasteiger partial charge is 0.507 e. The van der Waals surface area contributed by atoms with Crippen LogP contribution in [0.1, 0.15) is 39.2 Å². The number of ether oxygens (including phenoxy) is 1. The topological polar surface area (TPSA) is 80.7 Å². The number of rotatable bonds is 3. The number of aliphatic hydroxyl groups is 1. The van der Waals surface area contributed by atoms with Crippen molar-refractivity contribution in [3.8, 4) is 5.75 Å². The van der Waals surface area contributed by atoms with Gasteiger partial charge in [0.05, 0.1) is 0 Å². The fraction of sp³-hybridized carbons (Fsp3) is 0.316. The molecule has 2 rings (SSSR count). The molecule has 0 bridgehead atoms. The fourth-order valence-electron chi connectivity index (χ4n) is 2.62. The van der Waals surface area contributed by atoms with Crippen molar-refractivity contribution in [2.24, 2.45) is 5.41 Å². The number of allylic oxidation sites excluding steroid dienone is 2. The lowest BCUT2D eigenvalue weighted by Crippen LogP contribution is -2.32. The minimum atomic E-state index is -0.405. The predicted molar refractivity (Wildman–Crippen MR) is 89.5 cm³/mol. The molecule has 24 heavy (non-hydrogen) atoms. The van der Waals surface area contributed by atoms with Crippen LogP contribution in [-0.2, 0) is 14.4 Å². The Morgan fingerprint density at radius 1 is 1.12 bits per heavy atom. The average Bonchev–Trinajstić information content (AvgIpc) is 2.43. The second-order valence-electron chi connectivity index (χ2n) is 6.62. The van der Waals surface area contributed by atoms with E-state index in [9.17, 15) is 19.5 Å². The Hall–Kier alpha value is -2.69. The lowest BCUT2D eigenvalue weighted by Gasteiger charge is -2.28. The molecule has 1 aromatic rings. The Balaban J connectivity index is 2.17. The van der Waals surface area contributed by atoms with Gasteiger partial charge in [0.25, 0.3) is 0 Å². The van der Waals surface area contributed by atoms with Crippen LogP contribution in [-0.4, -0.2) is 22.6 Å². The van der Waals surface area contributed by atoms with Crippen molar-refractivity contribution in [3.05, 3.63) is 47.2 Å². The van der Waals surface area contributed by atoms with Gasteiger partial charge in [0.15, 0.2) is 11.6 Å². The van der Waals surface area contributed by atoms with E-state index in [1.54, 1.807) is 30.3 Å². The second-order valence-corrected chi connectivity index (χ2v) is 6.62. The van der Waals surface area contributed by atoms with Crippen molar-refractivity contribution in [3.63, 3.8) is 0 Å². The maximum absolute atomic E-state index is 12.1. The van der Waals surface area contributed by atoms with Gasteiger partial charge < -0.3 is 9.84 Å². The number of carbonyl (C=O) groups excluding carboxylic acids is 3. The normalized spacial score (nSPS) is 17.2. The van der Waals surface area contributed by atoms with E-state index < -0.39 is 5.97 Å². The average molecular weight is 328 g/mol. The van der Waals surface area contributed by atoms with Gasteiger partial charge in [-0.2, -0.15) is 0 Å². The summed E-state index contributed by atoms with van der Waals surface area (Å²) in [6.07, 6.45) is 3.40. The Bertz CT molecular complexity index is 714. The van der Waals surface area contributed by atoms with Gasteiger partial charge in [-0.3, -0.25) is 14.4 Å². The number of benzene rings is 1. The lowest BCUT2D eigenvalue weighted by molar-refractivity contribution is -0.132. The van der Waals surface area contributed by atoms with Crippen molar-refractivity contribution >= 4 is 23.6 Å². The van der Waals surface area contributed by atoms with Crippen LogP contribution in [0.25, 0.3) is 6.08 Å². The summed E-state index contributed by atoms with van der Waals surface area (Å²) >= 11 is 0. The molecular weight excluding hydrogens is 308 g/mol. The Kier molecular flexibility index (Phi) is 5.02. The van der Waals surface area contributed by atoms with Crippen LogP contribution < -0.4 is 4.74 Å². The maximum atomic E-state index is 12.1. The van der Waals surface area contributed by atoms with E-state index in [0.29, 0.717) is 5.75 Å². The highest BCUT2D eigenvalue weighted by atomic mass is 16.5. The molecule has 0 amide bonds. The minimum Gasteiger partial charge on any atom is -0.507 e. The SMILES string of the molecule is CC(=O)Oc1ccc(/C=C/C(O)=C2C(=O)CC(C)(C)CC2=O)cc1. The van der Waals surface area contributed by atoms with Gasteiger partial charge in [-0.1, -0.05) is 32.1 Å². The van der Waals surface area contributed by atoms with Gasteiger partial charge in [-0.25, -0.2) is 0 Å². The summed E-state index contributed by atoms with van der Waals surface area (Å²) in [5.41, 5.74) is 0.241. The van der Waals surface area contributed by atoms with Crippen LogP contribution in [0.15, 0.2) is 41.7 Å². The number of aliphatic hydroxyl groups excluding tert-OH is 1.